The maximum Gasteiger partial charge on any atom is 3.00 e. The van der Waals surface area contributed by atoms with Gasteiger partial charge in [0.15, 0.2) is 7.14 Å². The molecule has 0 aliphatic heterocycles. The van der Waals surface area contributed by atoms with Gasteiger partial charge in [-0.15, -0.1) is 65.2 Å². The van der Waals surface area contributed by atoms with E-state index in [2.05, 4.69) is 75.4 Å². The van der Waals surface area contributed by atoms with Crippen LogP contribution in [-0.4, -0.2) is 12.1 Å². The van der Waals surface area contributed by atoms with E-state index in [1.54, 1.807) is 7.11 Å². The number of hydrogen-bond donors (Lipinski definition) is 0. The molecule has 0 unspecified atom stereocenters. The Morgan fingerprint density at radius 2 is 1.15 bits per heavy atom. The van der Waals surface area contributed by atoms with Crippen molar-refractivity contribution in [3.8, 4) is 39.4 Å². The number of nitrogens with zero attached hydrogens (tertiary/aromatic N) is 2. The monoisotopic (exact) mass is 814 g/mol. The number of rotatable bonds is 7. The van der Waals surface area contributed by atoms with Crippen LogP contribution in [0.2, 0.25) is 0 Å². The second kappa shape index (κ2) is 15.4. The van der Waals surface area contributed by atoms with Crippen molar-refractivity contribution in [1.82, 2.24) is 4.98 Å². The van der Waals surface area contributed by atoms with Gasteiger partial charge < -0.3 is 26.1 Å². The van der Waals surface area contributed by atoms with Crippen molar-refractivity contribution in [2.75, 3.05) is 7.11 Å². The van der Waals surface area contributed by atoms with Crippen molar-refractivity contribution in [1.29, 1.82) is 5.26 Å². The third-order valence-electron chi connectivity index (χ3n) is 7.88. The Kier molecular flexibility index (Phi) is 11.6. The molecule has 0 N–H and O–H groups in total. The third-order valence-corrected chi connectivity index (χ3v) is 11.0. The van der Waals surface area contributed by atoms with E-state index >= 15 is 0 Å². The molecule has 6 aromatic rings. The fourth-order valence-electron chi connectivity index (χ4n) is 5.31. The van der Waals surface area contributed by atoms with Gasteiger partial charge in [0.2, 0.25) is 0 Å². The minimum absolute atomic E-state index is 0. The van der Waals surface area contributed by atoms with Crippen LogP contribution >= 0.6 is 7.14 Å². The zero-order valence-corrected chi connectivity index (χ0v) is 29.7. The van der Waals surface area contributed by atoms with E-state index in [9.17, 15) is 4.57 Å². The van der Waals surface area contributed by atoms with Crippen LogP contribution in [0.15, 0.2) is 133 Å². The van der Waals surface area contributed by atoms with Gasteiger partial charge in [0.25, 0.3) is 0 Å². The number of aromatic nitrogens is 1. The molecular formula is C41H34AuN2O2P. The molecule has 0 atom stereocenters. The third kappa shape index (κ3) is 7.74. The summed E-state index contributed by atoms with van der Waals surface area (Å²) in [5.41, 5.74) is 6.68. The van der Waals surface area contributed by atoms with Gasteiger partial charge in [-0.2, -0.15) is 0 Å². The molecule has 0 saturated heterocycles. The summed E-state index contributed by atoms with van der Waals surface area (Å²) in [5, 5.41) is 8.68. The number of ether oxygens (including phenoxy) is 1. The summed E-state index contributed by atoms with van der Waals surface area (Å²) < 4.78 is 20.2. The zero-order chi connectivity index (χ0) is 32.7. The molecule has 0 amide bonds. The van der Waals surface area contributed by atoms with Crippen LogP contribution in [0.4, 0.5) is 0 Å². The predicted octanol–water partition coefficient (Wildman–Crippen LogP) is 8.72. The van der Waals surface area contributed by atoms with Gasteiger partial charge in [-0.1, -0.05) is 118 Å². The summed E-state index contributed by atoms with van der Waals surface area (Å²) in [6.07, 6.45) is 0. The van der Waals surface area contributed by atoms with Gasteiger partial charge >= 0.3 is 22.4 Å². The Labute approximate surface area is 294 Å². The van der Waals surface area contributed by atoms with Crippen molar-refractivity contribution < 1.29 is 31.7 Å². The Morgan fingerprint density at radius 1 is 0.660 bits per heavy atom. The topological polar surface area (TPSA) is 63.0 Å². The molecule has 4 nitrogen and oxygen atoms in total. The van der Waals surface area contributed by atoms with Gasteiger partial charge in [0.1, 0.15) is 0 Å². The number of pyridine rings is 1. The number of benzene rings is 5. The molecule has 0 aliphatic rings. The molecule has 47 heavy (non-hydrogen) atoms. The molecule has 0 bridgehead atoms. The van der Waals surface area contributed by atoms with Gasteiger partial charge in [-0.3, -0.25) is 0 Å². The van der Waals surface area contributed by atoms with Crippen molar-refractivity contribution in [2.24, 2.45) is 0 Å². The number of hydrogen-bond acceptors (Lipinski definition) is 4. The molecule has 1 aromatic heterocycles. The van der Waals surface area contributed by atoms with E-state index in [0.29, 0.717) is 0 Å². The predicted molar refractivity (Wildman–Crippen MR) is 188 cm³/mol. The molecule has 0 radical (unpaired) electrons. The van der Waals surface area contributed by atoms with Gasteiger partial charge in [-0.05, 0) is 27.9 Å². The van der Waals surface area contributed by atoms with Crippen molar-refractivity contribution >= 4 is 23.1 Å². The van der Waals surface area contributed by atoms with Crippen LogP contribution in [0.3, 0.4) is 0 Å². The molecule has 6 rings (SSSR count). The second-order valence-electron chi connectivity index (χ2n) is 11.8. The fraction of sp³-hybridized carbons (Fsp3) is 0.122. The van der Waals surface area contributed by atoms with E-state index in [4.69, 9.17) is 21.6 Å². The molecule has 0 aliphatic carbocycles. The number of methoxy groups -OCH3 is 1. The normalized spacial score (nSPS) is 11.0. The van der Waals surface area contributed by atoms with Crippen LogP contribution < -0.4 is 20.7 Å². The van der Waals surface area contributed by atoms with Crippen LogP contribution in [0.5, 0.6) is 5.75 Å². The van der Waals surface area contributed by atoms with Gasteiger partial charge in [-0.25, -0.2) is 0 Å². The summed E-state index contributed by atoms with van der Waals surface area (Å²) in [6, 6.07) is 50.6. The van der Waals surface area contributed by atoms with Crippen LogP contribution in [0.1, 0.15) is 26.3 Å². The summed E-state index contributed by atoms with van der Waals surface area (Å²) in [7, 11) is -1.42. The average molecular weight is 815 g/mol. The maximum absolute atomic E-state index is 14.9. The molecule has 1 heterocycles. The first kappa shape index (κ1) is 35.4. The molecule has 5 aromatic carbocycles. The van der Waals surface area contributed by atoms with Crippen molar-refractivity contribution in [3.63, 3.8) is 0 Å². The van der Waals surface area contributed by atoms with E-state index < -0.39 is 7.14 Å². The fourth-order valence-corrected chi connectivity index (χ4v) is 7.95. The zero-order valence-electron chi connectivity index (χ0n) is 26.7. The second-order valence-corrected chi connectivity index (χ2v) is 14.6. The van der Waals surface area contributed by atoms with E-state index in [1.807, 2.05) is 91.0 Å². The summed E-state index contributed by atoms with van der Waals surface area (Å²) in [5.74, 6) is 0.744. The summed E-state index contributed by atoms with van der Waals surface area (Å²) in [4.78, 5) is 5.04. The van der Waals surface area contributed by atoms with Crippen LogP contribution in [0, 0.1) is 24.0 Å². The Bertz CT molecular complexity index is 1920. The Hall–Kier alpha value is -4.49. The van der Waals surface area contributed by atoms with Gasteiger partial charge in [0.05, 0.1) is 7.11 Å². The molecule has 0 saturated carbocycles. The first-order valence-electron chi connectivity index (χ1n) is 14.9. The molecule has 0 fully saturated rings. The molecule has 0 spiro atoms. The minimum atomic E-state index is -3.06. The standard InChI is InChI=1S/C40H34NO2P.CN.Au/c1-40(2,3)33-21-15-30(16-22-33)38-27-32(28-39(41-38)31-17-23-34(43-4)24-18-31)29-19-25-37(26-20-29)44(42,35-11-7-5-8-12-35)36-13-9-6-10-14-36;1-2;/h5-15,17,19-28H,1-4H3;;/q-2;-1;+3. The first-order valence-corrected chi connectivity index (χ1v) is 16.6. The molecular weight excluding hydrogens is 780 g/mol. The van der Waals surface area contributed by atoms with Crippen molar-refractivity contribution in [3.05, 3.63) is 158 Å². The molecule has 236 valence electrons. The van der Waals surface area contributed by atoms with E-state index in [1.165, 1.54) is 5.56 Å². The average Bonchev–Trinajstić information content (AvgIpc) is 3.12. The largest absolute Gasteiger partial charge is 3.00 e. The minimum Gasteiger partial charge on any atom is -0.540 e. The Balaban J connectivity index is 0.00000164. The smallest absolute Gasteiger partial charge is 0.540 e. The van der Waals surface area contributed by atoms with E-state index in [-0.39, 0.29) is 27.8 Å². The summed E-state index contributed by atoms with van der Waals surface area (Å²) in [6.45, 7) is 11.3. The maximum atomic E-state index is 14.9. The SMILES string of the molecule is COc1c[c-]c(-c2cc(-c3ccc(P(=O)(c4ccccc4)c4ccccc4)cc3)cc(-c3[c-]cc(C(C)(C)C)cc3)n2)cc1.[Au+3].[C-]#N. The molecule has 6 heteroatoms. The first-order chi connectivity index (χ1) is 22.3. The van der Waals surface area contributed by atoms with Crippen LogP contribution in [0.25, 0.3) is 33.6 Å². The van der Waals surface area contributed by atoms with Gasteiger partial charge in [0, 0.05) is 21.7 Å². The van der Waals surface area contributed by atoms with E-state index in [0.717, 1.165) is 55.3 Å². The van der Waals surface area contributed by atoms with Crippen molar-refractivity contribution in [2.45, 2.75) is 26.2 Å². The summed E-state index contributed by atoms with van der Waals surface area (Å²) >= 11 is 0. The quantitative estimate of drug-likeness (QED) is 0.0920. The van der Waals surface area contributed by atoms with Crippen LogP contribution in [-0.2, 0) is 32.4 Å². The Morgan fingerprint density at radius 3 is 1.57 bits per heavy atom.